The fourth-order valence-electron chi connectivity index (χ4n) is 2.83. The Morgan fingerprint density at radius 1 is 1.18 bits per heavy atom. The van der Waals surface area contributed by atoms with Crippen molar-refractivity contribution in [2.45, 2.75) is 27.3 Å². The molecule has 0 unspecified atom stereocenters. The van der Waals surface area contributed by atoms with Gasteiger partial charge in [-0.2, -0.15) is 0 Å². The van der Waals surface area contributed by atoms with Crippen LogP contribution in [-0.4, -0.2) is 15.5 Å². The highest BCUT2D eigenvalue weighted by Gasteiger charge is 2.11. The predicted octanol–water partition coefficient (Wildman–Crippen LogP) is 3.36. The molecule has 0 bridgehead atoms. The van der Waals surface area contributed by atoms with Gasteiger partial charge in [-0.3, -0.25) is 4.79 Å². The van der Waals surface area contributed by atoms with Crippen molar-refractivity contribution in [3.05, 3.63) is 58.5 Å². The van der Waals surface area contributed by atoms with E-state index in [2.05, 4.69) is 46.9 Å². The maximum Gasteiger partial charge on any atom is 0.268 e. The lowest BCUT2D eigenvalue weighted by Gasteiger charge is -2.06. The van der Waals surface area contributed by atoms with E-state index in [4.69, 9.17) is 0 Å². The second-order valence-corrected chi connectivity index (χ2v) is 5.93. The number of aromatic nitrogens is 2. The van der Waals surface area contributed by atoms with Crippen molar-refractivity contribution < 1.29 is 4.79 Å². The lowest BCUT2D eigenvalue weighted by atomic mass is 10.1. The van der Waals surface area contributed by atoms with Gasteiger partial charge in [-0.05, 0) is 56.2 Å². The highest BCUT2D eigenvalue weighted by molar-refractivity contribution is 5.98. The first-order valence-electron chi connectivity index (χ1n) is 7.45. The molecule has 1 aromatic carbocycles. The lowest BCUT2D eigenvalue weighted by molar-refractivity contribution is 0.0946. The number of amides is 1. The maximum absolute atomic E-state index is 12.4. The van der Waals surface area contributed by atoms with Crippen molar-refractivity contribution in [3.8, 4) is 0 Å². The Labute approximate surface area is 130 Å². The molecule has 1 amide bonds. The van der Waals surface area contributed by atoms with Gasteiger partial charge in [-0.15, -0.1) is 0 Å². The van der Waals surface area contributed by atoms with Crippen LogP contribution in [0.3, 0.4) is 0 Å². The summed E-state index contributed by atoms with van der Waals surface area (Å²) in [6, 6.07) is 10.2. The van der Waals surface area contributed by atoms with Crippen LogP contribution < -0.4 is 5.32 Å². The maximum atomic E-state index is 12.4. The summed E-state index contributed by atoms with van der Waals surface area (Å²) >= 11 is 0. The third-order valence-electron chi connectivity index (χ3n) is 4.24. The highest BCUT2D eigenvalue weighted by atomic mass is 16.1. The van der Waals surface area contributed by atoms with Crippen LogP contribution in [0.5, 0.6) is 0 Å². The molecule has 114 valence electrons. The van der Waals surface area contributed by atoms with Gasteiger partial charge in [-0.25, -0.2) is 0 Å². The minimum atomic E-state index is -0.0768. The first kappa shape index (κ1) is 14.4. The number of H-pyrrole nitrogens is 1. The molecule has 3 rings (SSSR count). The zero-order valence-electron chi connectivity index (χ0n) is 13.4. The molecule has 0 spiro atoms. The average molecular weight is 295 g/mol. The summed E-state index contributed by atoms with van der Waals surface area (Å²) in [4.78, 5) is 15.6. The second-order valence-electron chi connectivity index (χ2n) is 5.93. The molecule has 4 nitrogen and oxygen atoms in total. The minimum Gasteiger partial charge on any atom is -0.351 e. The minimum absolute atomic E-state index is 0.0768. The third-order valence-corrected chi connectivity index (χ3v) is 4.24. The number of nitrogens with zero attached hydrogens (tertiary/aromatic N) is 1. The van der Waals surface area contributed by atoms with E-state index in [9.17, 15) is 4.79 Å². The van der Waals surface area contributed by atoms with Gasteiger partial charge in [0.1, 0.15) is 5.69 Å². The fourth-order valence-corrected chi connectivity index (χ4v) is 2.83. The number of aryl methyl sites for hydroxylation is 3. The van der Waals surface area contributed by atoms with Crippen LogP contribution in [0.2, 0.25) is 0 Å². The van der Waals surface area contributed by atoms with Gasteiger partial charge >= 0.3 is 0 Å². The van der Waals surface area contributed by atoms with Gasteiger partial charge in [0.2, 0.25) is 0 Å². The van der Waals surface area contributed by atoms with Crippen LogP contribution in [0.4, 0.5) is 0 Å². The number of hydrogen-bond donors (Lipinski definition) is 2. The Morgan fingerprint density at radius 3 is 2.64 bits per heavy atom. The number of carbonyl (C=O) groups is 1. The van der Waals surface area contributed by atoms with Crippen LogP contribution in [-0.2, 0) is 13.6 Å². The Morgan fingerprint density at radius 2 is 1.95 bits per heavy atom. The Bertz CT molecular complexity index is 855. The monoisotopic (exact) mass is 295 g/mol. The molecule has 0 fully saturated rings. The molecule has 0 aliphatic heterocycles. The number of hydrogen-bond acceptors (Lipinski definition) is 1. The van der Waals surface area contributed by atoms with Crippen LogP contribution >= 0.6 is 0 Å². The molecule has 3 aromatic rings. The molecule has 0 atom stereocenters. The Hall–Kier alpha value is -2.49. The zero-order chi connectivity index (χ0) is 15.9. The van der Waals surface area contributed by atoms with E-state index in [1.165, 1.54) is 16.8 Å². The van der Waals surface area contributed by atoms with Gasteiger partial charge in [0.05, 0.1) is 6.54 Å². The second kappa shape index (κ2) is 5.37. The zero-order valence-corrected chi connectivity index (χ0v) is 13.4. The van der Waals surface area contributed by atoms with Crippen molar-refractivity contribution in [3.63, 3.8) is 0 Å². The third kappa shape index (κ3) is 2.52. The molecule has 2 N–H and O–H groups in total. The quantitative estimate of drug-likeness (QED) is 0.765. The molecule has 0 aliphatic rings. The molecular weight excluding hydrogens is 274 g/mol. The standard InChI is InChI=1S/C18H21N3O/c1-11-7-12(2)15-9-17(20-16(15)8-11)18(22)19-10-14-6-5-13(3)21(14)4/h5-9,20H,10H2,1-4H3,(H,19,22). The molecule has 2 aromatic heterocycles. The number of benzene rings is 1. The van der Waals surface area contributed by atoms with E-state index < -0.39 is 0 Å². The normalized spacial score (nSPS) is 11.1. The largest absolute Gasteiger partial charge is 0.351 e. The smallest absolute Gasteiger partial charge is 0.268 e. The summed E-state index contributed by atoms with van der Waals surface area (Å²) in [5.74, 6) is -0.0768. The Kier molecular flexibility index (Phi) is 3.53. The molecule has 2 heterocycles. The van der Waals surface area contributed by atoms with Crippen molar-refractivity contribution in [1.29, 1.82) is 0 Å². The molecule has 22 heavy (non-hydrogen) atoms. The number of nitrogens with one attached hydrogen (secondary N) is 2. The Balaban J connectivity index is 1.80. The first-order valence-corrected chi connectivity index (χ1v) is 7.45. The average Bonchev–Trinajstić information content (AvgIpc) is 3.02. The van der Waals surface area contributed by atoms with Crippen LogP contribution in [0, 0.1) is 20.8 Å². The number of fused-ring (bicyclic) bond motifs is 1. The first-order chi connectivity index (χ1) is 10.5. The van der Waals surface area contributed by atoms with Crippen molar-refractivity contribution >= 4 is 16.8 Å². The topological polar surface area (TPSA) is 49.8 Å². The molecular formula is C18H21N3O. The van der Waals surface area contributed by atoms with Crippen molar-refractivity contribution in [2.24, 2.45) is 7.05 Å². The van der Waals surface area contributed by atoms with Gasteiger partial charge in [0, 0.05) is 29.3 Å². The number of rotatable bonds is 3. The van der Waals surface area contributed by atoms with Gasteiger partial charge in [0.15, 0.2) is 0 Å². The fraction of sp³-hybridized carbons (Fsp3) is 0.278. The van der Waals surface area contributed by atoms with E-state index in [1.807, 2.05) is 26.1 Å². The molecule has 0 radical (unpaired) electrons. The van der Waals surface area contributed by atoms with Crippen LogP contribution in [0.15, 0.2) is 30.3 Å². The van der Waals surface area contributed by atoms with Gasteiger partial charge in [-0.1, -0.05) is 6.07 Å². The molecule has 0 saturated heterocycles. The summed E-state index contributed by atoms with van der Waals surface area (Å²) in [6.45, 7) is 6.70. The van der Waals surface area contributed by atoms with Crippen LogP contribution in [0.1, 0.15) is 33.0 Å². The van der Waals surface area contributed by atoms with Crippen molar-refractivity contribution in [1.82, 2.24) is 14.9 Å². The highest BCUT2D eigenvalue weighted by Crippen LogP contribution is 2.21. The summed E-state index contributed by atoms with van der Waals surface area (Å²) in [6.07, 6.45) is 0. The van der Waals surface area contributed by atoms with Gasteiger partial charge in [0.25, 0.3) is 5.91 Å². The van der Waals surface area contributed by atoms with Crippen molar-refractivity contribution in [2.75, 3.05) is 0 Å². The summed E-state index contributed by atoms with van der Waals surface area (Å²) in [5.41, 5.74) is 6.27. The predicted molar refractivity (Wildman–Crippen MR) is 89.1 cm³/mol. The van der Waals surface area contributed by atoms with E-state index in [-0.39, 0.29) is 5.91 Å². The van der Waals surface area contributed by atoms with E-state index in [0.29, 0.717) is 12.2 Å². The molecule has 0 saturated carbocycles. The van der Waals surface area contributed by atoms with E-state index in [1.54, 1.807) is 0 Å². The van der Waals surface area contributed by atoms with E-state index >= 15 is 0 Å². The number of carbonyl (C=O) groups excluding carboxylic acids is 1. The number of aromatic amines is 1. The van der Waals surface area contributed by atoms with E-state index in [0.717, 1.165) is 16.6 Å². The SMILES string of the molecule is Cc1cc(C)c2cc(C(=O)NCc3ccc(C)n3C)[nH]c2c1. The molecule has 0 aliphatic carbocycles. The summed E-state index contributed by atoms with van der Waals surface area (Å²) in [5, 5.41) is 4.08. The van der Waals surface area contributed by atoms with Gasteiger partial charge < -0.3 is 14.9 Å². The molecule has 4 heteroatoms. The van der Waals surface area contributed by atoms with Crippen LogP contribution in [0.25, 0.3) is 10.9 Å². The summed E-state index contributed by atoms with van der Waals surface area (Å²) < 4.78 is 2.08. The lowest BCUT2D eigenvalue weighted by Crippen LogP contribution is -2.24. The summed E-state index contributed by atoms with van der Waals surface area (Å²) in [7, 11) is 2.01.